The molecule has 2 amide bonds. The van der Waals surface area contributed by atoms with Crippen LogP contribution in [0, 0.1) is 11.8 Å². The number of piperazine rings is 1. The summed E-state index contributed by atoms with van der Waals surface area (Å²) in [6.07, 6.45) is 4.20. The number of rotatable bonds is 5. The molecule has 0 unspecified atom stereocenters. The zero-order valence-electron chi connectivity index (χ0n) is 19.0. The second-order valence-corrected chi connectivity index (χ2v) is 9.17. The molecule has 2 aliphatic heterocycles. The van der Waals surface area contributed by atoms with Crippen LogP contribution in [0.2, 0.25) is 0 Å². The molecule has 2 saturated heterocycles. The van der Waals surface area contributed by atoms with Gasteiger partial charge < -0.3 is 24.2 Å². The van der Waals surface area contributed by atoms with Crippen molar-refractivity contribution in [3.8, 4) is 11.5 Å². The number of benzene rings is 1. The van der Waals surface area contributed by atoms with Gasteiger partial charge in [-0.2, -0.15) is 0 Å². The molecule has 7 heteroatoms. The van der Waals surface area contributed by atoms with Gasteiger partial charge in [0.15, 0.2) is 0 Å². The van der Waals surface area contributed by atoms with E-state index >= 15 is 0 Å². The third kappa shape index (κ3) is 4.52. The molecule has 7 nitrogen and oxygen atoms in total. The summed E-state index contributed by atoms with van der Waals surface area (Å²) in [5.74, 6) is 1.63. The Morgan fingerprint density at radius 2 is 1.61 bits per heavy atom. The predicted molar refractivity (Wildman–Crippen MR) is 118 cm³/mol. The van der Waals surface area contributed by atoms with Crippen LogP contribution in [0.4, 0.5) is 0 Å². The third-order valence-corrected chi connectivity index (χ3v) is 7.30. The monoisotopic (exact) mass is 429 g/mol. The number of likely N-dealkylation sites (tertiary alicyclic amines) is 1. The zero-order chi connectivity index (χ0) is 22.0. The van der Waals surface area contributed by atoms with Crippen molar-refractivity contribution in [2.45, 2.75) is 31.6 Å². The molecule has 0 aromatic heterocycles. The van der Waals surface area contributed by atoms with Crippen LogP contribution in [0.15, 0.2) is 18.2 Å². The summed E-state index contributed by atoms with van der Waals surface area (Å²) in [6.45, 7) is 4.30. The fraction of sp³-hybridized carbons (Fsp3) is 0.667. The molecular weight excluding hydrogens is 394 g/mol. The Labute approximate surface area is 185 Å². The highest BCUT2D eigenvalue weighted by Crippen LogP contribution is 2.41. The number of hydrogen-bond acceptors (Lipinski definition) is 5. The number of amides is 2. The fourth-order valence-corrected chi connectivity index (χ4v) is 5.37. The van der Waals surface area contributed by atoms with Gasteiger partial charge in [-0.1, -0.05) is 12.8 Å². The summed E-state index contributed by atoms with van der Waals surface area (Å²) in [7, 11) is 5.38. The van der Waals surface area contributed by atoms with Crippen LogP contribution < -0.4 is 9.47 Å². The number of likely N-dealkylation sites (N-methyl/N-ethyl adjacent to an activating group) is 1. The largest absolute Gasteiger partial charge is 0.497 e. The minimum Gasteiger partial charge on any atom is -0.497 e. The average Bonchev–Trinajstić information content (AvgIpc) is 3.49. The van der Waals surface area contributed by atoms with Gasteiger partial charge in [0, 0.05) is 56.7 Å². The van der Waals surface area contributed by atoms with E-state index in [1.807, 2.05) is 28.0 Å². The molecule has 1 aliphatic carbocycles. The smallest absolute Gasteiger partial charge is 0.228 e. The van der Waals surface area contributed by atoms with E-state index < -0.39 is 0 Å². The zero-order valence-corrected chi connectivity index (χ0v) is 19.0. The Morgan fingerprint density at radius 3 is 2.26 bits per heavy atom. The lowest BCUT2D eigenvalue weighted by Crippen LogP contribution is -2.50. The van der Waals surface area contributed by atoms with Crippen LogP contribution in [0.5, 0.6) is 11.5 Å². The second kappa shape index (κ2) is 9.47. The highest BCUT2D eigenvalue weighted by atomic mass is 16.5. The minimum atomic E-state index is -0.255. The Hall–Kier alpha value is -2.28. The number of nitrogens with zero attached hydrogens (tertiary/aromatic N) is 3. The van der Waals surface area contributed by atoms with Gasteiger partial charge in [-0.05, 0) is 38.1 Å². The summed E-state index contributed by atoms with van der Waals surface area (Å²) in [5.41, 5.74) is 0.955. The highest BCUT2D eigenvalue weighted by Gasteiger charge is 2.44. The number of carbonyl (C=O) groups is 2. The van der Waals surface area contributed by atoms with Crippen LogP contribution in [0.1, 0.15) is 37.2 Å². The molecule has 0 spiro atoms. The third-order valence-electron chi connectivity index (χ3n) is 7.30. The first kappa shape index (κ1) is 21.9. The topological polar surface area (TPSA) is 62.3 Å². The van der Waals surface area contributed by atoms with Crippen molar-refractivity contribution in [1.29, 1.82) is 0 Å². The molecule has 3 fully saturated rings. The van der Waals surface area contributed by atoms with Gasteiger partial charge in [0.05, 0.1) is 20.1 Å². The van der Waals surface area contributed by atoms with Gasteiger partial charge in [-0.3, -0.25) is 9.59 Å². The first-order valence-corrected chi connectivity index (χ1v) is 11.5. The number of ether oxygens (including phenoxy) is 2. The molecule has 2 heterocycles. The van der Waals surface area contributed by atoms with Crippen molar-refractivity contribution in [2.24, 2.45) is 11.8 Å². The molecule has 1 saturated carbocycles. The quantitative estimate of drug-likeness (QED) is 0.718. The molecule has 31 heavy (non-hydrogen) atoms. The predicted octanol–water partition coefficient (Wildman–Crippen LogP) is 2.21. The summed E-state index contributed by atoms with van der Waals surface area (Å²) in [4.78, 5) is 33.0. The summed E-state index contributed by atoms with van der Waals surface area (Å²) >= 11 is 0. The number of carbonyl (C=O) groups excluding carboxylic acids is 2. The number of methoxy groups -OCH3 is 2. The molecular formula is C24H35N3O4. The van der Waals surface area contributed by atoms with E-state index in [0.29, 0.717) is 13.1 Å². The van der Waals surface area contributed by atoms with Gasteiger partial charge in [-0.25, -0.2) is 0 Å². The van der Waals surface area contributed by atoms with Crippen LogP contribution in [0.25, 0.3) is 0 Å². The first-order valence-electron chi connectivity index (χ1n) is 11.5. The lowest BCUT2D eigenvalue weighted by molar-refractivity contribution is -0.138. The highest BCUT2D eigenvalue weighted by molar-refractivity contribution is 5.84. The molecule has 170 valence electrons. The fourth-order valence-electron chi connectivity index (χ4n) is 5.37. The molecule has 0 bridgehead atoms. The van der Waals surface area contributed by atoms with Crippen LogP contribution >= 0.6 is 0 Å². The van der Waals surface area contributed by atoms with E-state index in [1.165, 1.54) is 0 Å². The maximum atomic E-state index is 13.6. The number of hydrogen-bond donors (Lipinski definition) is 0. The van der Waals surface area contributed by atoms with Crippen molar-refractivity contribution in [1.82, 2.24) is 14.7 Å². The second-order valence-electron chi connectivity index (χ2n) is 9.17. The van der Waals surface area contributed by atoms with Crippen LogP contribution in [-0.4, -0.2) is 87.0 Å². The molecule has 4 rings (SSSR count). The van der Waals surface area contributed by atoms with Crippen LogP contribution in [-0.2, 0) is 9.59 Å². The maximum Gasteiger partial charge on any atom is 0.228 e. The lowest BCUT2D eigenvalue weighted by atomic mass is 9.87. The normalized spacial score (nSPS) is 25.1. The molecule has 1 aromatic rings. The van der Waals surface area contributed by atoms with E-state index in [9.17, 15) is 9.59 Å². The minimum absolute atomic E-state index is 0.0949. The van der Waals surface area contributed by atoms with Crippen LogP contribution in [0.3, 0.4) is 0 Å². The van der Waals surface area contributed by atoms with E-state index in [2.05, 4.69) is 11.9 Å². The molecule has 0 radical (unpaired) electrons. The first-order chi connectivity index (χ1) is 15.0. The Morgan fingerprint density at radius 1 is 0.903 bits per heavy atom. The summed E-state index contributed by atoms with van der Waals surface area (Å²) < 4.78 is 11.1. The summed E-state index contributed by atoms with van der Waals surface area (Å²) in [5, 5.41) is 0. The van der Waals surface area contributed by atoms with E-state index in [1.54, 1.807) is 14.2 Å². The van der Waals surface area contributed by atoms with Crippen molar-refractivity contribution in [3.63, 3.8) is 0 Å². The molecule has 3 aliphatic rings. The molecule has 0 N–H and O–H groups in total. The van der Waals surface area contributed by atoms with Crippen molar-refractivity contribution in [3.05, 3.63) is 23.8 Å². The van der Waals surface area contributed by atoms with E-state index in [-0.39, 0.29) is 29.6 Å². The standard InChI is InChI=1S/C24H35N3O4/c1-25-10-12-26(13-11-25)24(29)21-16-27(23(28)17-6-4-5-7-17)15-20(21)19-14-18(30-2)8-9-22(19)31-3/h8-9,14,17,20-21H,4-7,10-13,15-16H2,1-3H3/t20-,21+/m0/s1. The van der Waals surface area contributed by atoms with Gasteiger partial charge in [0.2, 0.25) is 11.8 Å². The van der Waals surface area contributed by atoms with E-state index in [4.69, 9.17) is 9.47 Å². The SMILES string of the molecule is COc1ccc(OC)c([C@@H]2CN(C(=O)C3CCCC3)C[C@H]2C(=O)N2CCN(C)CC2)c1. The maximum absolute atomic E-state index is 13.6. The van der Waals surface area contributed by atoms with Crippen molar-refractivity contribution >= 4 is 11.8 Å². The van der Waals surface area contributed by atoms with Crippen molar-refractivity contribution < 1.29 is 19.1 Å². The lowest BCUT2D eigenvalue weighted by Gasteiger charge is -2.35. The van der Waals surface area contributed by atoms with E-state index in [0.717, 1.165) is 68.9 Å². The Bertz CT molecular complexity index is 800. The Balaban J connectivity index is 1.62. The van der Waals surface area contributed by atoms with Gasteiger partial charge >= 0.3 is 0 Å². The average molecular weight is 430 g/mol. The van der Waals surface area contributed by atoms with Crippen molar-refractivity contribution in [2.75, 3.05) is 60.5 Å². The van der Waals surface area contributed by atoms with Gasteiger partial charge in [-0.15, -0.1) is 0 Å². The van der Waals surface area contributed by atoms with Gasteiger partial charge in [0.25, 0.3) is 0 Å². The molecule has 2 atom stereocenters. The van der Waals surface area contributed by atoms with Gasteiger partial charge in [0.1, 0.15) is 11.5 Å². The summed E-state index contributed by atoms with van der Waals surface area (Å²) in [6, 6.07) is 5.74. The Kier molecular flexibility index (Phi) is 6.70. The molecule has 1 aromatic carbocycles.